The summed E-state index contributed by atoms with van der Waals surface area (Å²) in [6.07, 6.45) is 3.36. The summed E-state index contributed by atoms with van der Waals surface area (Å²) >= 11 is 6.06. The van der Waals surface area contributed by atoms with Crippen LogP contribution in [0.3, 0.4) is 0 Å². The van der Waals surface area contributed by atoms with Crippen LogP contribution in [0.2, 0.25) is 5.02 Å². The van der Waals surface area contributed by atoms with Crippen LogP contribution in [0.25, 0.3) is 0 Å². The number of hydrogen-bond donors (Lipinski definition) is 1. The van der Waals surface area contributed by atoms with E-state index in [1.54, 1.807) is 0 Å². The molecule has 2 unspecified atom stereocenters. The lowest BCUT2D eigenvalue weighted by atomic mass is 9.91. The van der Waals surface area contributed by atoms with E-state index >= 15 is 0 Å². The van der Waals surface area contributed by atoms with Crippen molar-refractivity contribution in [2.24, 2.45) is 5.92 Å². The van der Waals surface area contributed by atoms with Gasteiger partial charge in [-0.2, -0.15) is 0 Å². The van der Waals surface area contributed by atoms with Crippen molar-refractivity contribution in [3.05, 3.63) is 34.9 Å². The fourth-order valence-corrected chi connectivity index (χ4v) is 3.19. The summed E-state index contributed by atoms with van der Waals surface area (Å²) in [5, 5.41) is 9.57. The molecule has 1 aromatic rings. The zero-order chi connectivity index (χ0) is 14.5. The van der Waals surface area contributed by atoms with Crippen molar-refractivity contribution in [3.63, 3.8) is 0 Å². The third kappa shape index (κ3) is 4.22. The molecule has 2 atom stereocenters. The molecule has 0 aliphatic carbocycles. The van der Waals surface area contributed by atoms with Crippen LogP contribution in [-0.2, 0) is 4.79 Å². The van der Waals surface area contributed by atoms with Gasteiger partial charge in [-0.25, -0.2) is 0 Å². The largest absolute Gasteiger partial charge is 0.481 e. The van der Waals surface area contributed by atoms with Crippen molar-refractivity contribution in [2.75, 3.05) is 13.1 Å². The first-order chi connectivity index (χ1) is 9.56. The Kier molecular flexibility index (Phi) is 5.44. The molecule has 2 rings (SSSR count). The van der Waals surface area contributed by atoms with E-state index in [2.05, 4.69) is 17.9 Å². The van der Waals surface area contributed by atoms with Crippen LogP contribution in [-0.4, -0.2) is 29.1 Å². The Morgan fingerprint density at radius 2 is 2.35 bits per heavy atom. The summed E-state index contributed by atoms with van der Waals surface area (Å²) in [6.45, 7) is 4.27. The predicted molar refractivity (Wildman–Crippen MR) is 81.0 cm³/mol. The highest BCUT2D eigenvalue weighted by Crippen LogP contribution is 2.29. The van der Waals surface area contributed by atoms with Crippen LogP contribution in [0.5, 0.6) is 0 Å². The molecule has 1 aromatic carbocycles. The van der Waals surface area contributed by atoms with E-state index in [1.807, 2.05) is 18.2 Å². The first-order valence-electron chi connectivity index (χ1n) is 7.27. The van der Waals surface area contributed by atoms with E-state index in [9.17, 15) is 4.79 Å². The normalized spacial score (nSPS) is 21.6. The van der Waals surface area contributed by atoms with E-state index in [1.165, 1.54) is 5.56 Å². The second-order valence-electron chi connectivity index (χ2n) is 5.67. The Hall–Kier alpha value is -1.06. The highest BCUT2D eigenvalue weighted by molar-refractivity contribution is 6.30. The number of halogens is 1. The van der Waals surface area contributed by atoms with Gasteiger partial charge in [0.1, 0.15) is 0 Å². The molecule has 1 aliphatic rings. The van der Waals surface area contributed by atoms with Gasteiger partial charge in [-0.1, -0.05) is 23.7 Å². The van der Waals surface area contributed by atoms with Gasteiger partial charge in [0.05, 0.1) is 0 Å². The molecule has 1 aliphatic heterocycles. The maximum atomic E-state index is 10.7. The number of benzene rings is 1. The van der Waals surface area contributed by atoms with Crippen LogP contribution in [0.4, 0.5) is 0 Å². The number of carboxylic acid groups (broad SMARTS) is 1. The first kappa shape index (κ1) is 15.3. The standard InChI is InChI=1S/C16H22ClNO2/c1-12(14-5-2-6-15(17)10-14)18-9-3-4-13(11-18)7-8-16(19)20/h2,5-6,10,12-13H,3-4,7-9,11H2,1H3,(H,19,20). The van der Waals surface area contributed by atoms with Crippen LogP contribution in [0.1, 0.15) is 44.2 Å². The predicted octanol–water partition coefficient (Wildman–Crippen LogP) is 3.98. The van der Waals surface area contributed by atoms with Crippen molar-refractivity contribution in [1.82, 2.24) is 4.90 Å². The van der Waals surface area contributed by atoms with Crippen molar-refractivity contribution in [2.45, 2.75) is 38.6 Å². The lowest BCUT2D eigenvalue weighted by Gasteiger charge is -2.37. The minimum atomic E-state index is -0.690. The first-order valence-corrected chi connectivity index (χ1v) is 7.65. The molecule has 20 heavy (non-hydrogen) atoms. The van der Waals surface area contributed by atoms with Gasteiger partial charge in [-0.3, -0.25) is 9.69 Å². The van der Waals surface area contributed by atoms with Gasteiger partial charge in [0, 0.05) is 24.0 Å². The second-order valence-corrected chi connectivity index (χ2v) is 6.10. The number of rotatable bonds is 5. The third-order valence-corrected chi connectivity index (χ3v) is 4.43. The maximum absolute atomic E-state index is 10.7. The smallest absolute Gasteiger partial charge is 0.303 e. The zero-order valence-corrected chi connectivity index (χ0v) is 12.6. The van der Waals surface area contributed by atoms with Crippen LogP contribution in [0, 0.1) is 5.92 Å². The van der Waals surface area contributed by atoms with Crippen molar-refractivity contribution in [1.29, 1.82) is 0 Å². The molecule has 1 fully saturated rings. The molecule has 0 saturated carbocycles. The SMILES string of the molecule is CC(c1cccc(Cl)c1)N1CCCC(CCC(=O)O)C1. The number of aliphatic carboxylic acids is 1. The Labute approximate surface area is 125 Å². The molecule has 1 saturated heterocycles. The summed E-state index contributed by atoms with van der Waals surface area (Å²) in [6, 6.07) is 8.34. The van der Waals surface area contributed by atoms with Crippen molar-refractivity contribution in [3.8, 4) is 0 Å². The molecule has 1 N–H and O–H groups in total. The number of nitrogens with zero attached hydrogens (tertiary/aromatic N) is 1. The van der Waals surface area contributed by atoms with E-state index < -0.39 is 5.97 Å². The average molecular weight is 296 g/mol. The summed E-state index contributed by atoms with van der Waals surface area (Å²) in [5.74, 6) is -0.188. The number of carbonyl (C=O) groups is 1. The molecule has 1 heterocycles. The highest BCUT2D eigenvalue weighted by atomic mass is 35.5. The number of piperidine rings is 1. The van der Waals surface area contributed by atoms with Crippen molar-refractivity contribution < 1.29 is 9.90 Å². The molecule has 3 nitrogen and oxygen atoms in total. The lowest BCUT2D eigenvalue weighted by Crippen LogP contribution is -2.37. The Morgan fingerprint density at radius 3 is 3.05 bits per heavy atom. The summed E-state index contributed by atoms with van der Waals surface area (Å²) in [4.78, 5) is 13.1. The van der Waals surface area contributed by atoms with Gasteiger partial charge in [-0.15, -0.1) is 0 Å². The quantitative estimate of drug-likeness (QED) is 0.893. The molecular formula is C16H22ClNO2. The van der Waals surface area contributed by atoms with Gasteiger partial charge in [0.2, 0.25) is 0 Å². The van der Waals surface area contributed by atoms with Gasteiger partial charge < -0.3 is 5.11 Å². The topological polar surface area (TPSA) is 40.5 Å². The Morgan fingerprint density at radius 1 is 1.55 bits per heavy atom. The van der Waals surface area contributed by atoms with Gasteiger partial charge in [0.15, 0.2) is 0 Å². The number of likely N-dealkylation sites (tertiary alicyclic amines) is 1. The molecule has 0 spiro atoms. The molecule has 110 valence electrons. The fourth-order valence-electron chi connectivity index (χ4n) is 2.99. The lowest BCUT2D eigenvalue weighted by molar-refractivity contribution is -0.137. The molecule has 0 aromatic heterocycles. The van der Waals surface area contributed by atoms with E-state index in [-0.39, 0.29) is 6.42 Å². The third-order valence-electron chi connectivity index (χ3n) is 4.20. The average Bonchev–Trinajstić information content (AvgIpc) is 2.44. The summed E-state index contributed by atoms with van der Waals surface area (Å²) in [5.41, 5.74) is 1.23. The minimum absolute atomic E-state index is 0.282. The van der Waals surface area contributed by atoms with Crippen LogP contribution in [0.15, 0.2) is 24.3 Å². The van der Waals surface area contributed by atoms with Crippen LogP contribution >= 0.6 is 11.6 Å². The maximum Gasteiger partial charge on any atom is 0.303 e. The monoisotopic (exact) mass is 295 g/mol. The van der Waals surface area contributed by atoms with E-state index in [0.29, 0.717) is 12.0 Å². The Bertz CT molecular complexity index is 464. The van der Waals surface area contributed by atoms with Gasteiger partial charge in [-0.05, 0) is 56.3 Å². The van der Waals surface area contributed by atoms with Crippen molar-refractivity contribution >= 4 is 17.6 Å². The molecule has 0 amide bonds. The molecular weight excluding hydrogens is 274 g/mol. The van der Waals surface area contributed by atoms with Gasteiger partial charge in [0.25, 0.3) is 0 Å². The highest BCUT2D eigenvalue weighted by Gasteiger charge is 2.24. The van der Waals surface area contributed by atoms with E-state index in [0.717, 1.165) is 37.4 Å². The van der Waals surface area contributed by atoms with Gasteiger partial charge >= 0.3 is 5.97 Å². The summed E-state index contributed by atoms with van der Waals surface area (Å²) < 4.78 is 0. The molecule has 0 bridgehead atoms. The zero-order valence-electron chi connectivity index (χ0n) is 11.9. The summed E-state index contributed by atoms with van der Waals surface area (Å²) in [7, 11) is 0. The molecule has 4 heteroatoms. The molecule has 0 radical (unpaired) electrons. The van der Waals surface area contributed by atoms with Crippen LogP contribution < -0.4 is 0 Å². The minimum Gasteiger partial charge on any atom is -0.481 e. The fraction of sp³-hybridized carbons (Fsp3) is 0.562. The number of carboxylic acids is 1. The second kappa shape index (κ2) is 7.09. The Balaban J connectivity index is 1.96. The van der Waals surface area contributed by atoms with E-state index in [4.69, 9.17) is 16.7 Å². The number of hydrogen-bond acceptors (Lipinski definition) is 2.